The first-order chi connectivity index (χ1) is 7.38. The van der Waals surface area contributed by atoms with E-state index in [9.17, 15) is 4.79 Å². The number of carbonyl (C=O) groups excluding carboxylic acids is 1. The van der Waals surface area contributed by atoms with E-state index in [1.807, 2.05) is 0 Å². The maximum Gasteiger partial charge on any atom is 0.225 e. The van der Waals surface area contributed by atoms with Crippen LogP contribution in [0.15, 0.2) is 0 Å². The molecule has 1 aliphatic carbocycles. The quantitative estimate of drug-likeness (QED) is 0.663. The summed E-state index contributed by atoms with van der Waals surface area (Å²) in [5.74, 6) is 0.768. The van der Waals surface area contributed by atoms with Crippen molar-refractivity contribution in [2.24, 2.45) is 5.92 Å². The molecule has 1 saturated heterocycles. The summed E-state index contributed by atoms with van der Waals surface area (Å²) in [6.45, 7) is 3.77. The highest BCUT2D eigenvalue weighted by Gasteiger charge is 2.25. The average Bonchev–Trinajstić information content (AvgIpc) is 2.58. The molecule has 0 spiro atoms. The fraction of sp³-hybridized carbons (Fsp3) is 0.917. The van der Waals surface area contributed by atoms with Gasteiger partial charge in [0, 0.05) is 32.1 Å². The summed E-state index contributed by atoms with van der Waals surface area (Å²) < 4.78 is 0. The number of carbonyl (C=O) groups is 1. The Morgan fingerprint density at radius 1 is 1.00 bits per heavy atom. The first-order valence-corrected chi connectivity index (χ1v) is 6.37. The van der Waals surface area contributed by atoms with Gasteiger partial charge >= 0.3 is 0 Å². The summed E-state index contributed by atoms with van der Waals surface area (Å²) in [6.07, 6.45) is 7.41. The van der Waals surface area contributed by atoms with E-state index < -0.39 is 0 Å². The third kappa shape index (κ3) is 2.94. The Labute approximate surface area is 92.2 Å². The maximum atomic E-state index is 12.2. The lowest BCUT2D eigenvalue weighted by molar-refractivity contribution is -0.136. The molecule has 1 saturated carbocycles. The fourth-order valence-corrected chi connectivity index (χ4v) is 2.67. The van der Waals surface area contributed by atoms with Crippen LogP contribution in [0.25, 0.3) is 0 Å². The van der Waals surface area contributed by atoms with Gasteiger partial charge in [-0.25, -0.2) is 0 Å². The van der Waals surface area contributed by atoms with Crippen LogP contribution in [0.5, 0.6) is 0 Å². The molecule has 3 nitrogen and oxygen atoms in total. The maximum absolute atomic E-state index is 12.2. The van der Waals surface area contributed by atoms with Gasteiger partial charge in [0.2, 0.25) is 5.91 Å². The lowest BCUT2D eigenvalue weighted by Crippen LogP contribution is -2.48. The van der Waals surface area contributed by atoms with Crippen LogP contribution in [0.1, 0.15) is 38.5 Å². The van der Waals surface area contributed by atoms with E-state index in [1.54, 1.807) is 0 Å². The van der Waals surface area contributed by atoms with E-state index in [2.05, 4.69) is 10.2 Å². The lowest BCUT2D eigenvalue weighted by Gasteiger charge is -2.30. The zero-order valence-electron chi connectivity index (χ0n) is 9.50. The molecule has 0 aromatic carbocycles. The number of rotatable bonds is 1. The molecule has 0 aromatic heterocycles. The highest BCUT2D eigenvalue weighted by molar-refractivity contribution is 5.79. The second-order valence-electron chi connectivity index (χ2n) is 4.76. The number of nitrogens with one attached hydrogen (secondary N) is 1. The number of hydrogen-bond acceptors (Lipinski definition) is 2. The number of hydrogen-bond donors (Lipinski definition) is 1. The van der Waals surface area contributed by atoms with Crippen LogP contribution < -0.4 is 5.32 Å². The van der Waals surface area contributed by atoms with Crippen LogP contribution in [-0.4, -0.2) is 37.0 Å². The second-order valence-corrected chi connectivity index (χ2v) is 4.76. The highest BCUT2D eigenvalue weighted by Crippen LogP contribution is 2.24. The van der Waals surface area contributed by atoms with Gasteiger partial charge in [0.05, 0.1) is 0 Å². The van der Waals surface area contributed by atoms with Gasteiger partial charge in [0.25, 0.3) is 0 Å². The molecular weight excluding hydrogens is 188 g/mol. The van der Waals surface area contributed by atoms with Crippen LogP contribution in [0.3, 0.4) is 0 Å². The van der Waals surface area contributed by atoms with Crippen molar-refractivity contribution in [1.82, 2.24) is 10.2 Å². The number of amides is 1. The van der Waals surface area contributed by atoms with Gasteiger partial charge in [-0.15, -0.1) is 0 Å². The van der Waals surface area contributed by atoms with Crippen molar-refractivity contribution in [2.75, 3.05) is 26.2 Å². The molecule has 86 valence electrons. The molecule has 2 fully saturated rings. The number of nitrogens with zero attached hydrogens (tertiary/aromatic N) is 1. The molecule has 3 heteroatoms. The van der Waals surface area contributed by atoms with Crippen molar-refractivity contribution < 1.29 is 4.79 Å². The lowest BCUT2D eigenvalue weighted by atomic mass is 9.98. The molecule has 0 atom stereocenters. The summed E-state index contributed by atoms with van der Waals surface area (Å²) in [5.41, 5.74) is 0. The first kappa shape index (κ1) is 10.9. The molecule has 15 heavy (non-hydrogen) atoms. The van der Waals surface area contributed by atoms with Crippen LogP contribution in [-0.2, 0) is 4.79 Å². The minimum absolute atomic E-state index is 0.339. The Bertz CT molecular complexity index is 204. The van der Waals surface area contributed by atoms with Gasteiger partial charge < -0.3 is 10.2 Å². The van der Waals surface area contributed by atoms with E-state index in [4.69, 9.17) is 0 Å². The number of piperazine rings is 1. The molecule has 1 N–H and O–H groups in total. The summed E-state index contributed by atoms with van der Waals surface area (Å²) >= 11 is 0. The minimum atomic E-state index is 0.339. The van der Waals surface area contributed by atoms with Crippen LogP contribution in [0.2, 0.25) is 0 Å². The van der Waals surface area contributed by atoms with Gasteiger partial charge in [0.15, 0.2) is 0 Å². The van der Waals surface area contributed by atoms with Gasteiger partial charge in [0.1, 0.15) is 0 Å². The highest BCUT2D eigenvalue weighted by atomic mass is 16.2. The molecule has 0 aromatic rings. The van der Waals surface area contributed by atoms with E-state index >= 15 is 0 Å². The topological polar surface area (TPSA) is 32.3 Å². The standard InChI is InChI=1S/C12H22N2O/c15-12(14-9-7-13-8-10-14)11-5-3-1-2-4-6-11/h11,13H,1-10H2. The molecule has 1 heterocycles. The summed E-state index contributed by atoms with van der Waals surface area (Å²) in [7, 11) is 0. The Balaban J connectivity index is 1.87. The molecule has 1 aliphatic heterocycles. The molecule has 0 radical (unpaired) electrons. The predicted molar refractivity (Wildman–Crippen MR) is 60.6 cm³/mol. The van der Waals surface area contributed by atoms with E-state index in [0.29, 0.717) is 11.8 Å². The zero-order valence-corrected chi connectivity index (χ0v) is 9.50. The van der Waals surface area contributed by atoms with Gasteiger partial charge in [-0.2, -0.15) is 0 Å². The van der Waals surface area contributed by atoms with Crippen molar-refractivity contribution >= 4 is 5.91 Å². The molecule has 2 rings (SSSR count). The van der Waals surface area contributed by atoms with Crippen molar-refractivity contribution in [3.8, 4) is 0 Å². The SMILES string of the molecule is O=C(C1CCCCCC1)N1CCNCC1. The Morgan fingerprint density at radius 3 is 2.20 bits per heavy atom. The minimum Gasteiger partial charge on any atom is -0.340 e. The van der Waals surface area contributed by atoms with Crippen molar-refractivity contribution in [1.29, 1.82) is 0 Å². The smallest absolute Gasteiger partial charge is 0.225 e. The molecule has 0 unspecified atom stereocenters. The van der Waals surface area contributed by atoms with E-state index in [-0.39, 0.29) is 0 Å². The van der Waals surface area contributed by atoms with E-state index in [1.165, 1.54) is 25.7 Å². The normalized spacial score (nSPS) is 24.9. The monoisotopic (exact) mass is 210 g/mol. The van der Waals surface area contributed by atoms with Crippen LogP contribution in [0.4, 0.5) is 0 Å². The average molecular weight is 210 g/mol. The van der Waals surface area contributed by atoms with Gasteiger partial charge in [-0.3, -0.25) is 4.79 Å². The summed E-state index contributed by atoms with van der Waals surface area (Å²) in [6, 6.07) is 0. The molecule has 1 amide bonds. The third-order valence-electron chi connectivity index (χ3n) is 3.63. The predicted octanol–water partition coefficient (Wildman–Crippen LogP) is 1.39. The molecular formula is C12H22N2O. The summed E-state index contributed by atoms with van der Waals surface area (Å²) in [4.78, 5) is 14.3. The Morgan fingerprint density at radius 2 is 1.60 bits per heavy atom. The van der Waals surface area contributed by atoms with E-state index in [0.717, 1.165) is 39.0 Å². The Hall–Kier alpha value is -0.570. The first-order valence-electron chi connectivity index (χ1n) is 6.37. The Kier molecular flexibility index (Phi) is 4.01. The van der Waals surface area contributed by atoms with Crippen molar-refractivity contribution in [3.63, 3.8) is 0 Å². The molecule has 0 bridgehead atoms. The van der Waals surface area contributed by atoms with Gasteiger partial charge in [-0.1, -0.05) is 25.7 Å². The third-order valence-corrected chi connectivity index (χ3v) is 3.63. The van der Waals surface area contributed by atoms with Crippen LogP contribution >= 0.6 is 0 Å². The van der Waals surface area contributed by atoms with Crippen molar-refractivity contribution in [3.05, 3.63) is 0 Å². The summed E-state index contributed by atoms with van der Waals surface area (Å²) in [5, 5.41) is 3.29. The van der Waals surface area contributed by atoms with Crippen molar-refractivity contribution in [2.45, 2.75) is 38.5 Å². The second kappa shape index (κ2) is 5.50. The molecule has 2 aliphatic rings. The van der Waals surface area contributed by atoms with Gasteiger partial charge in [-0.05, 0) is 12.8 Å². The zero-order chi connectivity index (χ0) is 10.5. The fourth-order valence-electron chi connectivity index (χ4n) is 2.67. The van der Waals surface area contributed by atoms with Crippen LogP contribution in [0, 0.1) is 5.92 Å². The largest absolute Gasteiger partial charge is 0.340 e.